The maximum Gasteiger partial charge on any atom is 0.407 e. The number of ether oxygens (including phenoxy) is 1. The summed E-state index contributed by atoms with van der Waals surface area (Å²) in [7, 11) is 0. The largest absolute Gasteiger partial charge is 0.444 e. The van der Waals surface area contributed by atoms with E-state index in [9.17, 15) is 9.59 Å². The van der Waals surface area contributed by atoms with Gasteiger partial charge in [0.05, 0.1) is 11.4 Å². The Labute approximate surface area is 178 Å². The normalized spacial score (nSPS) is 11.1. The number of hydrogen-bond acceptors (Lipinski definition) is 5. The van der Waals surface area contributed by atoms with Crippen LogP contribution in [0.5, 0.6) is 0 Å². The molecule has 0 radical (unpaired) electrons. The lowest BCUT2D eigenvalue weighted by molar-refractivity contribution is 0.0526. The molecule has 0 aromatic carbocycles. The molecule has 7 nitrogen and oxygen atoms in total. The van der Waals surface area contributed by atoms with Crippen molar-refractivity contribution in [2.24, 2.45) is 0 Å². The van der Waals surface area contributed by atoms with Gasteiger partial charge in [0.25, 0.3) is 5.91 Å². The number of nitrogens with one attached hydrogen (secondary N) is 2. The fraction of sp³-hybridized carbons (Fsp3) is 0.478. The molecule has 0 bridgehead atoms. The van der Waals surface area contributed by atoms with Gasteiger partial charge in [-0.1, -0.05) is 12.8 Å². The lowest BCUT2D eigenvalue weighted by Crippen LogP contribution is -2.33. The number of pyridine rings is 2. The molecule has 0 fully saturated rings. The summed E-state index contributed by atoms with van der Waals surface area (Å²) in [5.74, 6) is -0.113. The number of unbranched alkanes of at least 4 members (excludes halogenated alkanes) is 3. The SMILES string of the molecule is Cc1ccnc(-c2cc(C(=O)NCCCCCCNC(=O)OC(C)(C)C)ccn2)c1. The van der Waals surface area contributed by atoms with Crippen LogP contribution >= 0.6 is 0 Å². The minimum Gasteiger partial charge on any atom is -0.444 e. The van der Waals surface area contributed by atoms with Gasteiger partial charge in [-0.3, -0.25) is 14.8 Å². The molecule has 0 aliphatic heterocycles. The van der Waals surface area contributed by atoms with Crippen LogP contribution in [0.3, 0.4) is 0 Å². The summed E-state index contributed by atoms with van der Waals surface area (Å²) in [4.78, 5) is 32.6. The number of amides is 2. The molecule has 30 heavy (non-hydrogen) atoms. The molecule has 0 spiro atoms. The Morgan fingerprint density at radius 3 is 2.13 bits per heavy atom. The quantitative estimate of drug-likeness (QED) is 0.600. The van der Waals surface area contributed by atoms with Crippen LogP contribution in [0.1, 0.15) is 62.4 Å². The van der Waals surface area contributed by atoms with Crippen LogP contribution in [0.4, 0.5) is 4.79 Å². The van der Waals surface area contributed by atoms with Gasteiger partial charge in [-0.2, -0.15) is 0 Å². The van der Waals surface area contributed by atoms with Crippen molar-refractivity contribution in [2.75, 3.05) is 13.1 Å². The van der Waals surface area contributed by atoms with Gasteiger partial charge in [0.15, 0.2) is 0 Å². The zero-order chi connectivity index (χ0) is 22.0. The zero-order valence-corrected chi connectivity index (χ0v) is 18.3. The van der Waals surface area contributed by atoms with Crippen LogP contribution in [0, 0.1) is 6.92 Å². The summed E-state index contributed by atoms with van der Waals surface area (Å²) in [6.07, 6.45) is 6.70. The van der Waals surface area contributed by atoms with Crippen molar-refractivity contribution in [3.63, 3.8) is 0 Å². The van der Waals surface area contributed by atoms with Crippen LogP contribution in [0.15, 0.2) is 36.7 Å². The summed E-state index contributed by atoms with van der Waals surface area (Å²) in [6.45, 7) is 8.72. The van der Waals surface area contributed by atoms with Gasteiger partial charge in [0.1, 0.15) is 5.60 Å². The highest BCUT2D eigenvalue weighted by molar-refractivity contribution is 5.94. The van der Waals surface area contributed by atoms with E-state index in [0.29, 0.717) is 24.3 Å². The summed E-state index contributed by atoms with van der Waals surface area (Å²) in [5, 5.41) is 5.70. The number of nitrogens with zero attached hydrogens (tertiary/aromatic N) is 2. The summed E-state index contributed by atoms with van der Waals surface area (Å²) in [5.41, 5.74) is 2.63. The van der Waals surface area contributed by atoms with Crippen LogP contribution in [0.25, 0.3) is 11.4 Å². The standard InChI is InChI=1S/C23H32N4O3/c1-17-9-13-24-19(15-17)20-16-18(10-14-25-20)21(28)26-11-7-5-6-8-12-27-22(29)30-23(2,3)4/h9-10,13-16H,5-8,11-12H2,1-4H3,(H,26,28)(H,27,29). The fourth-order valence-corrected chi connectivity index (χ4v) is 2.80. The molecular weight excluding hydrogens is 380 g/mol. The van der Waals surface area contributed by atoms with E-state index >= 15 is 0 Å². The lowest BCUT2D eigenvalue weighted by Gasteiger charge is -2.19. The Kier molecular flexibility index (Phi) is 8.77. The Balaban J connectivity index is 1.65. The molecule has 0 aliphatic carbocycles. The fourth-order valence-electron chi connectivity index (χ4n) is 2.80. The number of rotatable bonds is 9. The lowest BCUT2D eigenvalue weighted by atomic mass is 10.1. The van der Waals surface area contributed by atoms with Gasteiger partial charge in [-0.25, -0.2) is 4.79 Å². The molecule has 0 unspecified atom stereocenters. The summed E-state index contributed by atoms with van der Waals surface area (Å²) in [6, 6.07) is 7.34. The molecule has 0 saturated heterocycles. The molecule has 0 atom stereocenters. The summed E-state index contributed by atoms with van der Waals surface area (Å²) >= 11 is 0. The average molecular weight is 413 g/mol. The van der Waals surface area contributed by atoms with E-state index in [-0.39, 0.29) is 12.0 Å². The van der Waals surface area contributed by atoms with Crippen molar-refractivity contribution in [3.8, 4) is 11.4 Å². The van der Waals surface area contributed by atoms with Crippen molar-refractivity contribution in [3.05, 3.63) is 47.8 Å². The molecule has 2 aromatic rings. The number of carbonyl (C=O) groups excluding carboxylic acids is 2. The van der Waals surface area contributed by atoms with Crippen molar-refractivity contribution in [1.29, 1.82) is 0 Å². The van der Waals surface area contributed by atoms with Crippen LogP contribution < -0.4 is 10.6 Å². The van der Waals surface area contributed by atoms with Crippen molar-refractivity contribution < 1.29 is 14.3 Å². The smallest absolute Gasteiger partial charge is 0.407 e. The molecule has 162 valence electrons. The van der Waals surface area contributed by atoms with Gasteiger partial charge in [-0.05, 0) is 70.4 Å². The van der Waals surface area contributed by atoms with E-state index in [4.69, 9.17) is 4.74 Å². The molecule has 2 rings (SSSR count). The second-order valence-corrected chi connectivity index (χ2v) is 8.25. The van der Waals surface area contributed by atoms with Crippen LogP contribution in [0.2, 0.25) is 0 Å². The van der Waals surface area contributed by atoms with E-state index in [0.717, 1.165) is 36.9 Å². The number of carbonyl (C=O) groups is 2. The Morgan fingerprint density at radius 2 is 1.50 bits per heavy atom. The number of aryl methyl sites for hydroxylation is 1. The second-order valence-electron chi connectivity index (χ2n) is 8.25. The first kappa shape index (κ1) is 23.3. The van der Waals surface area contributed by atoms with E-state index in [1.54, 1.807) is 24.5 Å². The topological polar surface area (TPSA) is 93.2 Å². The first-order valence-corrected chi connectivity index (χ1v) is 10.4. The van der Waals surface area contributed by atoms with Gasteiger partial charge in [-0.15, -0.1) is 0 Å². The molecule has 0 saturated carbocycles. The maximum atomic E-state index is 12.4. The zero-order valence-electron chi connectivity index (χ0n) is 18.3. The maximum absolute atomic E-state index is 12.4. The van der Waals surface area contributed by atoms with Gasteiger partial charge >= 0.3 is 6.09 Å². The highest BCUT2D eigenvalue weighted by Crippen LogP contribution is 2.16. The van der Waals surface area contributed by atoms with E-state index < -0.39 is 5.60 Å². The minimum atomic E-state index is -0.478. The summed E-state index contributed by atoms with van der Waals surface area (Å²) < 4.78 is 5.19. The minimum absolute atomic E-state index is 0.113. The van der Waals surface area contributed by atoms with Crippen molar-refractivity contribution >= 4 is 12.0 Å². The van der Waals surface area contributed by atoms with Crippen LogP contribution in [-0.4, -0.2) is 40.7 Å². The first-order valence-electron chi connectivity index (χ1n) is 10.4. The monoisotopic (exact) mass is 412 g/mol. The third-order valence-electron chi connectivity index (χ3n) is 4.26. The van der Waals surface area contributed by atoms with Crippen molar-refractivity contribution in [1.82, 2.24) is 20.6 Å². The predicted octanol–water partition coefficient (Wildman–Crippen LogP) is 4.27. The Hall–Kier alpha value is -2.96. The third-order valence-corrected chi connectivity index (χ3v) is 4.26. The highest BCUT2D eigenvalue weighted by Gasteiger charge is 2.15. The predicted molar refractivity (Wildman–Crippen MR) is 117 cm³/mol. The number of aromatic nitrogens is 2. The Morgan fingerprint density at radius 1 is 0.900 bits per heavy atom. The van der Waals surface area contributed by atoms with E-state index in [2.05, 4.69) is 20.6 Å². The van der Waals surface area contributed by atoms with Crippen LogP contribution in [-0.2, 0) is 4.74 Å². The van der Waals surface area contributed by atoms with E-state index in [1.807, 2.05) is 39.8 Å². The van der Waals surface area contributed by atoms with Crippen molar-refractivity contribution in [2.45, 2.75) is 59.0 Å². The van der Waals surface area contributed by atoms with Gasteiger partial charge in [0.2, 0.25) is 0 Å². The molecule has 7 heteroatoms. The highest BCUT2D eigenvalue weighted by atomic mass is 16.6. The van der Waals surface area contributed by atoms with Gasteiger partial charge in [0, 0.05) is 31.0 Å². The number of alkyl carbamates (subject to hydrolysis) is 1. The molecule has 0 aliphatic rings. The third kappa shape index (κ3) is 8.59. The van der Waals surface area contributed by atoms with Gasteiger partial charge < -0.3 is 15.4 Å². The molecule has 2 heterocycles. The van der Waals surface area contributed by atoms with E-state index in [1.165, 1.54) is 0 Å². The average Bonchev–Trinajstić information content (AvgIpc) is 2.68. The Bertz CT molecular complexity index is 846. The second kappa shape index (κ2) is 11.3. The molecule has 2 amide bonds. The molecule has 2 aromatic heterocycles. The number of hydrogen-bond donors (Lipinski definition) is 2. The first-order chi connectivity index (χ1) is 14.2. The molecule has 2 N–H and O–H groups in total. The molecular formula is C23H32N4O3.